The molecule has 2 rings (SSSR count). The van der Waals surface area contributed by atoms with Gasteiger partial charge in [0.05, 0.1) is 12.1 Å². The third kappa shape index (κ3) is 5.18. The number of rotatable bonds is 3. The predicted molar refractivity (Wildman–Crippen MR) is 113 cm³/mol. The number of hydrogen-bond donors (Lipinski definition) is 1. The standard InChI is InChI=1S/C20H33ClN2O4Si/c1-19(2,3)26-18(25)23-12-13(27-28(7,8)20(4,5)6)9-16(23)14-10-22-11-15(21)17(14)24/h10-11,13,16H,9,12H2,1-8H3,(H,22,24)/t13-,16+/m1/s1. The van der Waals surface area contributed by atoms with Gasteiger partial charge in [0.1, 0.15) is 16.4 Å². The number of aromatic nitrogens is 1. The molecule has 1 amide bonds. The van der Waals surface area contributed by atoms with Crippen LogP contribution in [0.1, 0.15) is 59.6 Å². The molecule has 1 N–H and O–H groups in total. The first kappa shape index (κ1) is 23.0. The Morgan fingerprint density at radius 3 is 2.39 bits per heavy atom. The minimum absolute atomic E-state index is 0.0526. The fraction of sp³-hybridized carbons (Fsp3) is 0.700. The molecule has 1 aromatic heterocycles. The highest BCUT2D eigenvalue weighted by Gasteiger charge is 2.45. The van der Waals surface area contributed by atoms with Crippen LogP contribution >= 0.6 is 11.6 Å². The van der Waals surface area contributed by atoms with Crippen molar-refractivity contribution in [3.05, 3.63) is 23.0 Å². The molecule has 1 fully saturated rings. The van der Waals surface area contributed by atoms with E-state index in [-0.39, 0.29) is 21.9 Å². The Hall–Kier alpha value is -1.31. The maximum Gasteiger partial charge on any atom is 0.410 e. The van der Waals surface area contributed by atoms with Crippen molar-refractivity contribution in [2.24, 2.45) is 0 Å². The molecule has 1 aliphatic heterocycles. The first-order valence-electron chi connectivity index (χ1n) is 9.62. The molecule has 1 aromatic rings. The van der Waals surface area contributed by atoms with Crippen molar-refractivity contribution in [1.29, 1.82) is 0 Å². The molecule has 2 heterocycles. The third-order valence-electron chi connectivity index (χ3n) is 5.42. The van der Waals surface area contributed by atoms with Crippen LogP contribution in [0.3, 0.4) is 0 Å². The number of likely N-dealkylation sites (tertiary alicyclic amines) is 1. The first-order valence-corrected chi connectivity index (χ1v) is 12.9. The van der Waals surface area contributed by atoms with E-state index in [1.807, 2.05) is 20.8 Å². The van der Waals surface area contributed by atoms with Crippen LogP contribution in [0.25, 0.3) is 0 Å². The summed E-state index contributed by atoms with van der Waals surface area (Å²) in [4.78, 5) is 18.6. The Morgan fingerprint density at radius 1 is 1.25 bits per heavy atom. The Balaban J connectivity index is 2.34. The van der Waals surface area contributed by atoms with E-state index < -0.39 is 26.1 Å². The highest BCUT2D eigenvalue weighted by atomic mass is 35.5. The first-order chi connectivity index (χ1) is 12.6. The van der Waals surface area contributed by atoms with Crippen LogP contribution in [0.4, 0.5) is 4.79 Å². The Labute approximate surface area is 174 Å². The molecule has 2 atom stereocenters. The van der Waals surface area contributed by atoms with Crippen molar-refractivity contribution in [3.8, 4) is 5.75 Å². The Kier molecular flexibility index (Phi) is 6.43. The van der Waals surface area contributed by atoms with Gasteiger partial charge in [-0.1, -0.05) is 32.4 Å². The van der Waals surface area contributed by atoms with Gasteiger partial charge >= 0.3 is 6.09 Å². The number of carbonyl (C=O) groups excluding carboxylic acids is 1. The Morgan fingerprint density at radius 2 is 1.86 bits per heavy atom. The molecule has 6 nitrogen and oxygen atoms in total. The average Bonchev–Trinajstić information content (AvgIpc) is 2.90. The summed E-state index contributed by atoms with van der Waals surface area (Å²) in [6.45, 7) is 16.8. The second-order valence-corrected chi connectivity index (χ2v) is 15.1. The smallest absolute Gasteiger partial charge is 0.410 e. The van der Waals surface area contributed by atoms with E-state index in [1.165, 1.54) is 6.20 Å². The summed E-state index contributed by atoms with van der Waals surface area (Å²) in [7, 11) is -2.02. The zero-order valence-electron chi connectivity index (χ0n) is 18.2. The molecule has 0 unspecified atom stereocenters. The lowest BCUT2D eigenvalue weighted by atomic mass is 10.1. The highest BCUT2D eigenvalue weighted by Crippen LogP contribution is 2.44. The van der Waals surface area contributed by atoms with Gasteiger partial charge in [0.2, 0.25) is 0 Å². The maximum atomic E-state index is 12.9. The zero-order chi connectivity index (χ0) is 21.5. The summed E-state index contributed by atoms with van der Waals surface area (Å²) in [5, 5.41) is 10.7. The molecular formula is C20H33ClN2O4Si. The van der Waals surface area contributed by atoms with Gasteiger partial charge in [-0.3, -0.25) is 9.88 Å². The summed E-state index contributed by atoms with van der Waals surface area (Å²) < 4.78 is 12.1. The molecule has 8 heteroatoms. The molecule has 0 aromatic carbocycles. The second-order valence-electron chi connectivity index (χ2n) is 9.94. The lowest BCUT2D eigenvalue weighted by molar-refractivity contribution is 0.0207. The number of pyridine rings is 1. The number of carbonyl (C=O) groups is 1. The van der Waals surface area contributed by atoms with Gasteiger partial charge in [0, 0.05) is 24.5 Å². The predicted octanol–water partition coefficient (Wildman–Crippen LogP) is 5.51. The van der Waals surface area contributed by atoms with Crippen molar-refractivity contribution in [3.63, 3.8) is 0 Å². The average molecular weight is 429 g/mol. The van der Waals surface area contributed by atoms with Crippen molar-refractivity contribution >= 4 is 26.0 Å². The van der Waals surface area contributed by atoms with Gasteiger partial charge in [0.15, 0.2) is 8.32 Å². The minimum Gasteiger partial charge on any atom is -0.506 e. The summed E-state index contributed by atoms with van der Waals surface area (Å²) >= 11 is 6.06. The number of aromatic hydroxyl groups is 1. The lowest BCUT2D eigenvalue weighted by Crippen LogP contribution is -2.45. The van der Waals surface area contributed by atoms with E-state index in [1.54, 1.807) is 11.1 Å². The fourth-order valence-corrected chi connectivity index (χ4v) is 4.50. The molecule has 0 saturated carbocycles. The van der Waals surface area contributed by atoms with Crippen molar-refractivity contribution in [1.82, 2.24) is 9.88 Å². The van der Waals surface area contributed by atoms with E-state index >= 15 is 0 Å². The zero-order valence-corrected chi connectivity index (χ0v) is 19.9. The van der Waals surface area contributed by atoms with Crippen LogP contribution in [0.5, 0.6) is 5.75 Å². The monoisotopic (exact) mass is 428 g/mol. The Bertz CT molecular complexity index is 728. The van der Waals surface area contributed by atoms with Gasteiger partial charge in [-0.2, -0.15) is 0 Å². The molecule has 0 radical (unpaired) electrons. The van der Waals surface area contributed by atoms with Crippen molar-refractivity contribution in [2.75, 3.05) is 6.54 Å². The van der Waals surface area contributed by atoms with Gasteiger partial charge in [-0.15, -0.1) is 0 Å². The van der Waals surface area contributed by atoms with Crippen LogP contribution < -0.4 is 0 Å². The van der Waals surface area contributed by atoms with Crippen molar-refractivity contribution in [2.45, 2.75) is 83.8 Å². The van der Waals surface area contributed by atoms with Crippen LogP contribution in [-0.4, -0.2) is 47.7 Å². The summed E-state index contributed by atoms with van der Waals surface area (Å²) in [6.07, 6.45) is 2.92. The number of hydrogen-bond acceptors (Lipinski definition) is 5. The lowest BCUT2D eigenvalue weighted by Gasteiger charge is -2.38. The van der Waals surface area contributed by atoms with Crippen LogP contribution in [0.15, 0.2) is 12.4 Å². The molecule has 0 aliphatic carbocycles. The van der Waals surface area contributed by atoms with Gasteiger partial charge in [-0.05, 0) is 45.3 Å². The SMILES string of the molecule is CC(C)(C)OC(=O)N1C[C@H](O[Si](C)(C)C(C)(C)C)C[C@H]1c1cncc(Cl)c1O. The molecule has 1 saturated heterocycles. The van der Waals surface area contributed by atoms with Crippen LogP contribution in [0.2, 0.25) is 23.2 Å². The molecule has 1 aliphatic rings. The largest absolute Gasteiger partial charge is 0.506 e. The summed E-state index contributed by atoms with van der Waals surface area (Å²) in [6, 6.07) is -0.407. The van der Waals surface area contributed by atoms with Gasteiger partial charge in [-0.25, -0.2) is 4.79 Å². The molecule has 0 spiro atoms. The number of halogens is 1. The van der Waals surface area contributed by atoms with Crippen LogP contribution in [0, 0.1) is 0 Å². The third-order valence-corrected chi connectivity index (χ3v) is 10.2. The van der Waals surface area contributed by atoms with E-state index in [2.05, 4.69) is 38.8 Å². The van der Waals surface area contributed by atoms with Gasteiger partial charge < -0.3 is 14.3 Å². The quantitative estimate of drug-likeness (QED) is 0.642. The molecule has 158 valence electrons. The normalized spacial score (nSPS) is 21.1. The van der Waals surface area contributed by atoms with Crippen LogP contribution in [-0.2, 0) is 9.16 Å². The van der Waals surface area contributed by atoms with E-state index in [0.717, 1.165) is 0 Å². The molecular weight excluding hydrogens is 396 g/mol. The number of ether oxygens (including phenoxy) is 1. The van der Waals surface area contributed by atoms with Gasteiger partial charge in [0.25, 0.3) is 0 Å². The molecule has 28 heavy (non-hydrogen) atoms. The highest BCUT2D eigenvalue weighted by molar-refractivity contribution is 6.74. The van der Waals surface area contributed by atoms with E-state index in [4.69, 9.17) is 20.8 Å². The summed E-state index contributed by atoms with van der Waals surface area (Å²) in [5.41, 5.74) is -0.103. The van der Waals surface area contributed by atoms with E-state index in [0.29, 0.717) is 18.5 Å². The van der Waals surface area contributed by atoms with E-state index in [9.17, 15) is 9.90 Å². The van der Waals surface area contributed by atoms with Crippen molar-refractivity contribution < 1.29 is 19.1 Å². The summed E-state index contributed by atoms with van der Waals surface area (Å²) in [5.74, 6) is -0.0526. The number of amides is 1. The maximum absolute atomic E-state index is 12.9. The number of nitrogens with zero attached hydrogens (tertiary/aromatic N) is 2. The minimum atomic E-state index is -2.02. The fourth-order valence-electron chi connectivity index (χ4n) is 2.98. The second kappa shape index (κ2) is 7.84. The topological polar surface area (TPSA) is 71.9 Å². The molecule has 0 bridgehead atoms.